The second-order valence-corrected chi connectivity index (χ2v) is 5.81. The molecule has 1 aromatic carbocycles. The molecule has 0 N–H and O–H groups in total. The summed E-state index contributed by atoms with van der Waals surface area (Å²) in [5, 5.41) is 0. The van der Waals surface area contributed by atoms with Crippen LogP contribution in [0, 0.1) is 5.92 Å². The van der Waals surface area contributed by atoms with E-state index in [1.54, 1.807) is 7.11 Å². The van der Waals surface area contributed by atoms with Gasteiger partial charge in [0.25, 0.3) is 0 Å². The zero-order valence-corrected chi connectivity index (χ0v) is 11.4. The van der Waals surface area contributed by atoms with E-state index in [0.717, 1.165) is 18.4 Å². The lowest BCUT2D eigenvalue weighted by Gasteiger charge is -2.20. The van der Waals surface area contributed by atoms with Gasteiger partial charge in [-0.15, -0.1) is 0 Å². The van der Waals surface area contributed by atoms with Crippen LogP contribution in [-0.2, 0) is 10.2 Å². The van der Waals surface area contributed by atoms with Gasteiger partial charge in [0.15, 0.2) is 11.5 Å². The van der Waals surface area contributed by atoms with Crippen molar-refractivity contribution in [3.05, 3.63) is 23.8 Å². The highest BCUT2D eigenvalue weighted by Gasteiger charge is 2.32. The molecule has 3 heteroatoms. The van der Waals surface area contributed by atoms with Crippen LogP contribution in [0.1, 0.15) is 39.2 Å². The fraction of sp³-hybridized carbons (Fsp3) is 0.533. The van der Waals surface area contributed by atoms with Gasteiger partial charge in [-0.05, 0) is 36.0 Å². The predicted molar refractivity (Wildman–Crippen MR) is 70.1 cm³/mol. The molecule has 0 radical (unpaired) electrons. The van der Waals surface area contributed by atoms with Crippen LogP contribution in [0.2, 0.25) is 0 Å². The Balaban J connectivity index is 2.27. The lowest BCUT2D eigenvalue weighted by molar-refractivity contribution is -0.135. The molecular formula is C15H20O3. The van der Waals surface area contributed by atoms with Gasteiger partial charge >= 0.3 is 5.97 Å². The standard InChI is InChI=1S/C15H20O3/c1-15(2,3)11-7-8-12(17-4)13(9-11)18-14(16)10-5-6-10/h7-10H,5-6H2,1-4H3. The maximum absolute atomic E-state index is 11.7. The summed E-state index contributed by atoms with van der Waals surface area (Å²) in [6.07, 6.45) is 1.89. The Morgan fingerprint density at radius 2 is 1.89 bits per heavy atom. The molecule has 0 aliphatic heterocycles. The summed E-state index contributed by atoms with van der Waals surface area (Å²) in [6, 6.07) is 5.77. The minimum absolute atomic E-state index is 0.0208. The quantitative estimate of drug-likeness (QED) is 0.608. The van der Waals surface area contributed by atoms with Crippen molar-refractivity contribution in [3.63, 3.8) is 0 Å². The average molecular weight is 248 g/mol. The Kier molecular flexibility index (Phi) is 3.33. The van der Waals surface area contributed by atoms with Gasteiger partial charge in [-0.2, -0.15) is 0 Å². The molecule has 1 aliphatic rings. The second kappa shape index (κ2) is 4.63. The highest BCUT2D eigenvalue weighted by atomic mass is 16.6. The van der Waals surface area contributed by atoms with Crippen molar-refractivity contribution in [3.8, 4) is 11.5 Å². The minimum atomic E-state index is -0.139. The smallest absolute Gasteiger partial charge is 0.314 e. The van der Waals surface area contributed by atoms with Crippen LogP contribution in [-0.4, -0.2) is 13.1 Å². The van der Waals surface area contributed by atoms with Crippen LogP contribution in [0.15, 0.2) is 18.2 Å². The summed E-state index contributed by atoms with van der Waals surface area (Å²) in [5.74, 6) is 1.09. The third kappa shape index (κ3) is 2.84. The zero-order chi connectivity index (χ0) is 13.3. The van der Waals surface area contributed by atoms with Gasteiger partial charge in [-0.3, -0.25) is 4.79 Å². The lowest BCUT2D eigenvalue weighted by atomic mass is 9.87. The van der Waals surface area contributed by atoms with Crippen molar-refractivity contribution in [2.24, 2.45) is 5.92 Å². The van der Waals surface area contributed by atoms with Gasteiger partial charge in [0.05, 0.1) is 13.0 Å². The van der Waals surface area contributed by atoms with E-state index in [4.69, 9.17) is 9.47 Å². The molecule has 3 nitrogen and oxygen atoms in total. The monoisotopic (exact) mass is 248 g/mol. The molecule has 0 unspecified atom stereocenters. The summed E-state index contributed by atoms with van der Waals surface area (Å²) >= 11 is 0. The molecule has 18 heavy (non-hydrogen) atoms. The Bertz CT molecular complexity index is 453. The van der Waals surface area contributed by atoms with Gasteiger partial charge in [-0.25, -0.2) is 0 Å². The van der Waals surface area contributed by atoms with Crippen LogP contribution in [0.25, 0.3) is 0 Å². The highest BCUT2D eigenvalue weighted by Crippen LogP contribution is 2.36. The molecule has 0 spiro atoms. The third-order valence-electron chi connectivity index (χ3n) is 3.15. The summed E-state index contributed by atoms with van der Waals surface area (Å²) in [4.78, 5) is 11.7. The van der Waals surface area contributed by atoms with Crippen LogP contribution < -0.4 is 9.47 Å². The molecule has 1 aliphatic carbocycles. The van der Waals surface area contributed by atoms with Gasteiger partial charge < -0.3 is 9.47 Å². The molecule has 1 saturated carbocycles. The Morgan fingerprint density at radius 1 is 1.22 bits per heavy atom. The molecule has 98 valence electrons. The van der Waals surface area contributed by atoms with E-state index >= 15 is 0 Å². The maximum atomic E-state index is 11.7. The summed E-state index contributed by atoms with van der Waals surface area (Å²) in [6.45, 7) is 6.38. The molecular weight excluding hydrogens is 228 g/mol. The van der Waals surface area contributed by atoms with E-state index in [0.29, 0.717) is 11.5 Å². The third-order valence-corrected chi connectivity index (χ3v) is 3.15. The molecule has 0 saturated heterocycles. The Morgan fingerprint density at radius 3 is 2.39 bits per heavy atom. The van der Waals surface area contributed by atoms with E-state index < -0.39 is 0 Å². The van der Waals surface area contributed by atoms with Crippen LogP contribution in [0.4, 0.5) is 0 Å². The van der Waals surface area contributed by atoms with Crippen LogP contribution in [0.5, 0.6) is 11.5 Å². The summed E-state index contributed by atoms with van der Waals surface area (Å²) in [5.41, 5.74) is 1.15. The van der Waals surface area contributed by atoms with Crippen molar-refractivity contribution in [2.45, 2.75) is 39.0 Å². The van der Waals surface area contributed by atoms with Crippen LogP contribution in [0.3, 0.4) is 0 Å². The van der Waals surface area contributed by atoms with Crippen molar-refractivity contribution in [2.75, 3.05) is 7.11 Å². The number of carbonyl (C=O) groups is 1. The van der Waals surface area contributed by atoms with E-state index in [1.807, 2.05) is 18.2 Å². The number of hydrogen-bond acceptors (Lipinski definition) is 3. The first-order valence-electron chi connectivity index (χ1n) is 6.32. The van der Waals surface area contributed by atoms with E-state index in [9.17, 15) is 4.79 Å². The van der Waals surface area contributed by atoms with E-state index in [2.05, 4.69) is 20.8 Å². The average Bonchev–Trinajstić information content (AvgIpc) is 3.11. The van der Waals surface area contributed by atoms with Gasteiger partial charge in [0, 0.05) is 0 Å². The number of benzene rings is 1. The molecule has 0 heterocycles. The molecule has 0 amide bonds. The van der Waals surface area contributed by atoms with Crippen LogP contribution >= 0.6 is 0 Å². The number of rotatable bonds is 3. The van der Waals surface area contributed by atoms with Gasteiger partial charge in [-0.1, -0.05) is 26.8 Å². The zero-order valence-electron chi connectivity index (χ0n) is 11.4. The molecule has 0 atom stereocenters. The van der Waals surface area contributed by atoms with Crippen molar-refractivity contribution in [1.29, 1.82) is 0 Å². The second-order valence-electron chi connectivity index (χ2n) is 5.81. The largest absolute Gasteiger partial charge is 0.493 e. The Labute approximate surface area is 108 Å². The van der Waals surface area contributed by atoms with Gasteiger partial charge in [0.1, 0.15) is 0 Å². The number of carbonyl (C=O) groups excluding carboxylic acids is 1. The van der Waals surface area contributed by atoms with E-state index in [-0.39, 0.29) is 17.3 Å². The minimum Gasteiger partial charge on any atom is -0.493 e. The first-order valence-corrected chi connectivity index (χ1v) is 6.32. The number of hydrogen-bond donors (Lipinski definition) is 0. The SMILES string of the molecule is COc1ccc(C(C)(C)C)cc1OC(=O)C1CC1. The number of ether oxygens (including phenoxy) is 2. The fourth-order valence-corrected chi connectivity index (χ4v) is 1.73. The first-order chi connectivity index (χ1) is 8.41. The fourth-order valence-electron chi connectivity index (χ4n) is 1.73. The molecule has 2 rings (SSSR count). The van der Waals surface area contributed by atoms with Crippen molar-refractivity contribution in [1.82, 2.24) is 0 Å². The lowest BCUT2D eigenvalue weighted by Crippen LogP contribution is -2.14. The van der Waals surface area contributed by atoms with Crippen molar-refractivity contribution < 1.29 is 14.3 Å². The molecule has 1 fully saturated rings. The number of methoxy groups -OCH3 is 1. The Hall–Kier alpha value is -1.51. The normalized spacial score (nSPS) is 15.3. The number of esters is 1. The predicted octanol–water partition coefficient (Wildman–Crippen LogP) is 3.31. The molecule has 0 aromatic heterocycles. The van der Waals surface area contributed by atoms with E-state index in [1.165, 1.54) is 0 Å². The summed E-state index contributed by atoms with van der Waals surface area (Å²) in [7, 11) is 1.58. The highest BCUT2D eigenvalue weighted by molar-refractivity contribution is 5.78. The molecule has 0 bridgehead atoms. The van der Waals surface area contributed by atoms with Crippen molar-refractivity contribution >= 4 is 5.97 Å². The molecule has 1 aromatic rings. The van der Waals surface area contributed by atoms with Gasteiger partial charge in [0.2, 0.25) is 0 Å². The topological polar surface area (TPSA) is 35.5 Å². The summed E-state index contributed by atoms with van der Waals surface area (Å²) < 4.78 is 10.7. The first kappa shape index (κ1) is 12.9. The maximum Gasteiger partial charge on any atom is 0.314 e.